The first kappa shape index (κ1) is 16.9. The Morgan fingerprint density at radius 1 is 1.08 bits per heavy atom. The number of anilines is 1. The molecule has 0 saturated carbocycles. The van der Waals surface area contributed by atoms with Gasteiger partial charge in [-0.25, -0.2) is 4.79 Å². The van der Waals surface area contributed by atoms with Crippen LogP contribution in [0.2, 0.25) is 0 Å². The molecule has 0 bridgehead atoms. The highest BCUT2D eigenvalue weighted by atomic mass is 16.5. The highest BCUT2D eigenvalue weighted by molar-refractivity contribution is 6.37. The average molecular weight is 336 g/mol. The summed E-state index contributed by atoms with van der Waals surface area (Å²) in [5.41, 5.74) is 2.29. The molecule has 0 saturated heterocycles. The molecular weight excluding hydrogens is 316 g/mol. The second-order valence-corrected chi connectivity index (χ2v) is 6.02. The van der Waals surface area contributed by atoms with Crippen molar-refractivity contribution >= 4 is 23.2 Å². The van der Waals surface area contributed by atoms with E-state index in [1.54, 1.807) is 6.92 Å². The van der Waals surface area contributed by atoms with Gasteiger partial charge in [-0.05, 0) is 31.5 Å². The molecule has 1 aliphatic rings. The Kier molecular flexibility index (Phi) is 4.93. The molecule has 5 heteroatoms. The summed E-state index contributed by atoms with van der Waals surface area (Å²) in [4.78, 5) is 23.7. The second kappa shape index (κ2) is 7.30. The maximum absolute atomic E-state index is 12.4. The van der Waals surface area contributed by atoms with Gasteiger partial charge in [0.2, 0.25) is 0 Å². The molecule has 5 nitrogen and oxygen atoms in total. The molecule has 1 heterocycles. The van der Waals surface area contributed by atoms with Crippen LogP contribution in [0.3, 0.4) is 0 Å². The Balaban J connectivity index is 1.89. The zero-order valence-electron chi connectivity index (χ0n) is 14.3. The second-order valence-electron chi connectivity index (χ2n) is 6.02. The predicted molar refractivity (Wildman–Crippen MR) is 96.4 cm³/mol. The number of nitrogens with zero attached hydrogens (tertiary/aromatic N) is 2. The first-order valence-electron chi connectivity index (χ1n) is 8.24. The summed E-state index contributed by atoms with van der Waals surface area (Å²) in [7, 11) is 0. The van der Waals surface area contributed by atoms with Crippen LogP contribution in [0.15, 0.2) is 65.8 Å². The van der Waals surface area contributed by atoms with Crippen LogP contribution in [-0.2, 0) is 14.3 Å². The molecule has 25 heavy (non-hydrogen) atoms. The molecule has 0 unspecified atom stereocenters. The standard InChI is InChI=1S/C20H20N2O3/c1-14(23)15(2)25-20(24)18-13-19(16-9-5-3-6-10-16)22(21-18)17-11-7-4-8-12-17/h3-12,15,19H,13H2,1-2H3/t15-,19+/m0/s1. The van der Waals surface area contributed by atoms with E-state index in [1.165, 1.54) is 6.92 Å². The van der Waals surface area contributed by atoms with Crippen molar-refractivity contribution in [1.29, 1.82) is 0 Å². The Morgan fingerprint density at radius 3 is 2.28 bits per heavy atom. The topological polar surface area (TPSA) is 59.0 Å². The number of hydrogen-bond donors (Lipinski definition) is 0. The highest BCUT2D eigenvalue weighted by Crippen LogP contribution is 2.35. The van der Waals surface area contributed by atoms with Gasteiger partial charge in [0.05, 0.1) is 11.7 Å². The lowest BCUT2D eigenvalue weighted by Gasteiger charge is -2.23. The van der Waals surface area contributed by atoms with Crippen LogP contribution in [0.4, 0.5) is 5.69 Å². The van der Waals surface area contributed by atoms with Crippen LogP contribution in [-0.4, -0.2) is 23.6 Å². The number of ether oxygens (including phenoxy) is 1. The maximum Gasteiger partial charge on any atom is 0.355 e. The number of hydrazone groups is 1. The molecule has 0 aromatic heterocycles. The molecule has 0 radical (unpaired) electrons. The summed E-state index contributed by atoms with van der Waals surface area (Å²) >= 11 is 0. The largest absolute Gasteiger partial charge is 0.450 e. The van der Waals surface area contributed by atoms with Crippen molar-refractivity contribution in [1.82, 2.24) is 0 Å². The molecule has 2 aromatic carbocycles. The quantitative estimate of drug-likeness (QED) is 0.784. The number of benzene rings is 2. The fourth-order valence-electron chi connectivity index (χ4n) is 2.70. The maximum atomic E-state index is 12.4. The summed E-state index contributed by atoms with van der Waals surface area (Å²) < 4.78 is 5.22. The normalized spacial score (nSPS) is 17.8. The number of carbonyl (C=O) groups excluding carboxylic acids is 2. The van der Waals surface area contributed by atoms with E-state index >= 15 is 0 Å². The average Bonchev–Trinajstić information content (AvgIpc) is 3.08. The third kappa shape index (κ3) is 3.76. The van der Waals surface area contributed by atoms with Gasteiger partial charge in [0.1, 0.15) is 5.71 Å². The van der Waals surface area contributed by atoms with Crippen molar-refractivity contribution in [3.63, 3.8) is 0 Å². The summed E-state index contributed by atoms with van der Waals surface area (Å²) in [5.74, 6) is -0.728. The van der Waals surface area contributed by atoms with Crippen molar-refractivity contribution in [2.24, 2.45) is 5.10 Å². The van der Waals surface area contributed by atoms with Gasteiger partial charge in [-0.1, -0.05) is 48.5 Å². The van der Waals surface area contributed by atoms with Gasteiger partial charge < -0.3 is 4.74 Å². The lowest BCUT2D eigenvalue weighted by atomic mass is 10.0. The van der Waals surface area contributed by atoms with Crippen molar-refractivity contribution in [3.05, 3.63) is 66.2 Å². The van der Waals surface area contributed by atoms with Gasteiger partial charge in [0, 0.05) is 6.42 Å². The van der Waals surface area contributed by atoms with Gasteiger partial charge >= 0.3 is 5.97 Å². The first-order valence-corrected chi connectivity index (χ1v) is 8.24. The van der Waals surface area contributed by atoms with Crippen LogP contribution in [0.25, 0.3) is 0 Å². The molecule has 0 spiro atoms. The van der Waals surface area contributed by atoms with E-state index in [1.807, 2.05) is 65.7 Å². The summed E-state index contributed by atoms with van der Waals surface area (Å²) in [5, 5.41) is 6.33. The van der Waals surface area contributed by atoms with Crippen molar-refractivity contribution in [3.8, 4) is 0 Å². The zero-order valence-corrected chi connectivity index (χ0v) is 14.3. The van der Waals surface area contributed by atoms with Crippen molar-refractivity contribution < 1.29 is 14.3 Å². The van der Waals surface area contributed by atoms with Crippen molar-refractivity contribution in [2.75, 3.05) is 5.01 Å². The van der Waals surface area contributed by atoms with Crippen LogP contribution >= 0.6 is 0 Å². The fraction of sp³-hybridized carbons (Fsp3) is 0.250. The number of esters is 1. The number of ketones is 1. The minimum absolute atomic E-state index is 0.0845. The van der Waals surface area contributed by atoms with Gasteiger partial charge in [-0.2, -0.15) is 5.10 Å². The molecule has 1 aliphatic heterocycles. The lowest BCUT2D eigenvalue weighted by molar-refractivity contribution is -0.146. The fourth-order valence-corrected chi connectivity index (χ4v) is 2.70. The number of Topliss-reactive ketones (excluding diaryl/α,β-unsaturated/α-hetero) is 1. The van der Waals surface area contributed by atoms with E-state index in [0.29, 0.717) is 12.1 Å². The number of carbonyl (C=O) groups is 2. The van der Waals surface area contributed by atoms with Gasteiger partial charge in [0.15, 0.2) is 11.9 Å². The minimum Gasteiger partial charge on any atom is -0.450 e. The molecule has 2 atom stereocenters. The van der Waals surface area contributed by atoms with Crippen molar-refractivity contribution in [2.45, 2.75) is 32.4 Å². The molecule has 2 aromatic rings. The van der Waals surface area contributed by atoms with E-state index in [4.69, 9.17) is 4.74 Å². The van der Waals surface area contributed by atoms with Gasteiger partial charge in [-0.15, -0.1) is 0 Å². The summed E-state index contributed by atoms with van der Waals surface area (Å²) in [6.07, 6.45) is -0.335. The van der Waals surface area contributed by atoms with E-state index in [0.717, 1.165) is 11.3 Å². The molecular formula is C20H20N2O3. The Morgan fingerprint density at radius 2 is 1.68 bits per heavy atom. The monoisotopic (exact) mass is 336 g/mol. The molecule has 3 rings (SSSR count). The zero-order chi connectivity index (χ0) is 17.8. The van der Waals surface area contributed by atoms with Crippen LogP contribution in [0.1, 0.15) is 31.9 Å². The van der Waals surface area contributed by atoms with E-state index in [9.17, 15) is 9.59 Å². The molecule has 0 amide bonds. The van der Waals surface area contributed by atoms with Crippen LogP contribution < -0.4 is 5.01 Å². The van der Waals surface area contributed by atoms with E-state index in [-0.39, 0.29) is 11.8 Å². The highest BCUT2D eigenvalue weighted by Gasteiger charge is 2.33. The van der Waals surface area contributed by atoms with Crippen LogP contribution in [0, 0.1) is 0 Å². The van der Waals surface area contributed by atoms with Crippen LogP contribution in [0.5, 0.6) is 0 Å². The predicted octanol–water partition coefficient (Wildman–Crippen LogP) is 3.51. The molecule has 0 aliphatic carbocycles. The SMILES string of the molecule is CC(=O)[C@H](C)OC(=O)C1=NN(c2ccccc2)[C@@H](c2ccccc2)C1. The van der Waals surface area contributed by atoms with E-state index in [2.05, 4.69) is 5.10 Å². The number of para-hydroxylation sites is 1. The number of hydrogen-bond acceptors (Lipinski definition) is 5. The number of rotatable bonds is 5. The van der Waals surface area contributed by atoms with E-state index < -0.39 is 12.1 Å². The smallest absolute Gasteiger partial charge is 0.355 e. The summed E-state index contributed by atoms with van der Waals surface area (Å²) in [6, 6.07) is 19.5. The Hall–Kier alpha value is -2.95. The first-order chi connectivity index (χ1) is 12.1. The minimum atomic E-state index is -0.767. The third-order valence-electron chi connectivity index (χ3n) is 4.21. The molecule has 0 N–H and O–H groups in total. The lowest BCUT2D eigenvalue weighted by Crippen LogP contribution is -2.26. The molecule has 0 fully saturated rings. The molecule has 128 valence electrons. The van der Waals surface area contributed by atoms with Gasteiger partial charge in [-0.3, -0.25) is 9.80 Å². The Bertz CT molecular complexity index is 787. The Labute approximate surface area is 146 Å². The van der Waals surface area contributed by atoms with Gasteiger partial charge in [0.25, 0.3) is 0 Å². The summed E-state index contributed by atoms with van der Waals surface area (Å²) in [6.45, 7) is 2.97. The third-order valence-corrected chi connectivity index (χ3v) is 4.21.